The van der Waals surface area contributed by atoms with Crippen LogP contribution in [0.3, 0.4) is 0 Å². The highest BCUT2D eigenvalue weighted by atomic mass is 79.9. The summed E-state index contributed by atoms with van der Waals surface area (Å²) in [5.74, 6) is 0.313. The van der Waals surface area contributed by atoms with E-state index in [-0.39, 0.29) is 0 Å². The van der Waals surface area contributed by atoms with E-state index in [9.17, 15) is 10.2 Å². The van der Waals surface area contributed by atoms with Crippen molar-refractivity contribution in [2.24, 2.45) is 0 Å². The van der Waals surface area contributed by atoms with Crippen LogP contribution in [0, 0.1) is 0 Å². The van der Waals surface area contributed by atoms with Gasteiger partial charge in [-0.15, -0.1) is 0 Å². The molecule has 2 aromatic rings. The smallest absolute Gasteiger partial charge is 0.121 e. The number of phenolic OH excluding ortho intramolecular Hbond substituents is 1. The molecule has 5 heteroatoms. The maximum atomic E-state index is 10.9. The van der Waals surface area contributed by atoms with E-state index in [0.29, 0.717) is 25.1 Å². The van der Waals surface area contributed by atoms with Crippen LogP contribution in [0.1, 0.15) is 24.0 Å². The molecule has 1 aliphatic heterocycles. The molecule has 0 radical (unpaired) electrons. The zero-order valence-electron chi connectivity index (χ0n) is 12.7. The highest BCUT2D eigenvalue weighted by Gasteiger charge is 2.33. The lowest BCUT2D eigenvalue weighted by atomic mass is 9.84. The van der Waals surface area contributed by atoms with E-state index in [0.717, 1.165) is 33.2 Å². The van der Waals surface area contributed by atoms with Crippen LogP contribution in [-0.2, 0) is 12.1 Å². The van der Waals surface area contributed by atoms with Crippen LogP contribution in [0.4, 0.5) is 0 Å². The van der Waals surface area contributed by atoms with Crippen molar-refractivity contribution >= 4 is 31.9 Å². The summed E-state index contributed by atoms with van der Waals surface area (Å²) in [7, 11) is 0. The van der Waals surface area contributed by atoms with E-state index < -0.39 is 5.60 Å². The standard InChI is InChI=1S/C18H19Br2NO2/c19-15-5-2-14(3-6-15)18(23)7-9-21(10-8-18)12-13-1-4-16(20)11-17(13)22/h1-6,11,22-23H,7-10,12H2. The number of piperidine rings is 1. The van der Waals surface area contributed by atoms with Crippen LogP contribution >= 0.6 is 31.9 Å². The summed E-state index contributed by atoms with van der Waals surface area (Å²) in [5, 5.41) is 20.9. The highest BCUT2D eigenvalue weighted by molar-refractivity contribution is 9.10. The second kappa shape index (κ2) is 6.93. The minimum Gasteiger partial charge on any atom is -0.508 e. The van der Waals surface area contributed by atoms with E-state index in [2.05, 4.69) is 36.8 Å². The summed E-state index contributed by atoms with van der Waals surface area (Å²) in [6, 6.07) is 13.5. The molecule has 0 aromatic heterocycles. The highest BCUT2D eigenvalue weighted by Crippen LogP contribution is 2.34. The molecule has 0 aliphatic carbocycles. The van der Waals surface area contributed by atoms with Crippen LogP contribution in [0.15, 0.2) is 51.4 Å². The predicted octanol–water partition coefficient (Wildman–Crippen LogP) is 4.40. The molecule has 2 N–H and O–H groups in total. The lowest BCUT2D eigenvalue weighted by Crippen LogP contribution is -2.42. The summed E-state index contributed by atoms with van der Waals surface area (Å²) in [6.45, 7) is 2.32. The van der Waals surface area contributed by atoms with Gasteiger partial charge < -0.3 is 10.2 Å². The number of hydrogen-bond acceptors (Lipinski definition) is 3. The van der Waals surface area contributed by atoms with Crippen molar-refractivity contribution < 1.29 is 10.2 Å². The number of benzene rings is 2. The van der Waals surface area contributed by atoms with Crippen molar-refractivity contribution in [2.45, 2.75) is 25.0 Å². The summed E-state index contributed by atoms with van der Waals surface area (Å²) in [4.78, 5) is 2.27. The molecule has 1 aliphatic rings. The average molecular weight is 441 g/mol. The van der Waals surface area contributed by atoms with Crippen molar-refractivity contribution in [2.75, 3.05) is 13.1 Å². The number of aromatic hydroxyl groups is 1. The molecule has 0 bridgehead atoms. The van der Waals surface area contributed by atoms with Gasteiger partial charge >= 0.3 is 0 Å². The van der Waals surface area contributed by atoms with Crippen LogP contribution < -0.4 is 0 Å². The minimum atomic E-state index is -0.751. The molecule has 0 spiro atoms. The summed E-state index contributed by atoms with van der Waals surface area (Å²) in [5.41, 5.74) is 1.15. The Bertz CT molecular complexity index is 680. The van der Waals surface area contributed by atoms with Gasteiger partial charge in [-0.2, -0.15) is 0 Å². The van der Waals surface area contributed by atoms with Crippen molar-refractivity contribution in [3.8, 4) is 5.75 Å². The van der Waals surface area contributed by atoms with Gasteiger partial charge in [-0.3, -0.25) is 4.90 Å². The molecule has 1 fully saturated rings. The Morgan fingerprint density at radius 2 is 1.57 bits per heavy atom. The Morgan fingerprint density at radius 3 is 2.17 bits per heavy atom. The zero-order valence-corrected chi connectivity index (χ0v) is 15.8. The van der Waals surface area contributed by atoms with Crippen LogP contribution in [0.2, 0.25) is 0 Å². The second-order valence-electron chi connectivity index (χ2n) is 6.09. The topological polar surface area (TPSA) is 43.7 Å². The van der Waals surface area contributed by atoms with Crippen LogP contribution in [0.5, 0.6) is 5.75 Å². The van der Waals surface area contributed by atoms with Gasteiger partial charge in [-0.05, 0) is 42.7 Å². The van der Waals surface area contributed by atoms with E-state index >= 15 is 0 Å². The van der Waals surface area contributed by atoms with Gasteiger partial charge in [0.2, 0.25) is 0 Å². The lowest BCUT2D eigenvalue weighted by molar-refractivity contribution is -0.0278. The first kappa shape index (κ1) is 17.0. The molecule has 0 saturated carbocycles. The summed E-state index contributed by atoms with van der Waals surface area (Å²) in [6.07, 6.45) is 1.40. The van der Waals surface area contributed by atoms with Crippen LogP contribution in [-0.4, -0.2) is 28.2 Å². The maximum Gasteiger partial charge on any atom is 0.121 e. The normalized spacial score (nSPS) is 18.0. The number of rotatable bonds is 3. The summed E-state index contributed by atoms with van der Waals surface area (Å²) >= 11 is 6.79. The van der Waals surface area contributed by atoms with Gasteiger partial charge in [0.1, 0.15) is 5.75 Å². The van der Waals surface area contributed by atoms with E-state index in [1.807, 2.05) is 36.4 Å². The molecule has 0 atom stereocenters. The monoisotopic (exact) mass is 439 g/mol. The summed E-state index contributed by atoms with van der Waals surface area (Å²) < 4.78 is 1.90. The average Bonchev–Trinajstić information content (AvgIpc) is 2.53. The first-order chi connectivity index (χ1) is 11.0. The zero-order chi connectivity index (χ0) is 16.4. The number of phenols is 1. The van der Waals surface area contributed by atoms with Gasteiger partial charge in [-0.25, -0.2) is 0 Å². The van der Waals surface area contributed by atoms with Crippen molar-refractivity contribution in [3.63, 3.8) is 0 Å². The van der Waals surface area contributed by atoms with Gasteiger partial charge in [0.05, 0.1) is 5.60 Å². The molecule has 23 heavy (non-hydrogen) atoms. The van der Waals surface area contributed by atoms with Crippen molar-refractivity contribution in [1.82, 2.24) is 4.90 Å². The molecule has 2 aromatic carbocycles. The van der Waals surface area contributed by atoms with Gasteiger partial charge in [0, 0.05) is 34.1 Å². The SMILES string of the molecule is Oc1cc(Br)ccc1CN1CCC(O)(c2ccc(Br)cc2)CC1. The number of aliphatic hydroxyl groups is 1. The molecule has 122 valence electrons. The number of hydrogen-bond donors (Lipinski definition) is 2. The first-order valence-corrected chi connectivity index (χ1v) is 9.23. The molecular weight excluding hydrogens is 422 g/mol. The van der Waals surface area contributed by atoms with Gasteiger partial charge in [0.15, 0.2) is 0 Å². The quantitative estimate of drug-likeness (QED) is 0.743. The molecule has 0 amide bonds. The fourth-order valence-corrected chi connectivity index (χ4v) is 3.65. The molecule has 1 heterocycles. The van der Waals surface area contributed by atoms with Crippen molar-refractivity contribution in [3.05, 3.63) is 62.5 Å². The fraction of sp³-hybridized carbons (Fsp3) is 0.333. The number of likely N-dealkylation sites (tertiary alicyclic amines) is 1. The number of halogens is 2. The lowest BCUT2D eigenvalue weighted by Gasteiger charge is -2.38. The molecule has 1 saturated heterocycles. The Balaban J connectivity index is 1.65. The van der Waals surface area contributed by atoms with E-state index in [4.69, 9.17) is 0 Å². The maximum absolute atomic E-state index is 10.9. The number of nitrogens with zero attached hydrogens (tertiary/aromatic N) is 1. The molecule has 3 nitrogen and oxygen atoms in total. The Morgan fingerprint density at radius 1 is 0.957 bits per heavy atom. The Labute approximate surface area is 153 Å². The van der Waals surface area contributed by atoms with E-state index in [1.165, 1.54) is 0 Å². The third-order valence-electron chi connectivity index (χ3n) is 4.51. The predicted molar refractivity (Wildman–Crippen MR) is 98.4 cm³/mol. The Hall–Kier alpha value is -0.880. The molecule has 0 unspecified atom stereocenters. The second-order valence-corrected chi connectivity index (χ2v) is 7.92. The first-order valence-electron chi connectivity index (χ1n) is 7.64. The van der Waals surface area contributed by atoms with Crippen LogP contribution in [0.25, 0.3) is 0 Å². The third kappa shape index (κ3) is 3.97. The molecule has 3 rings (SSSR count). The third-order valence-corrected chi connectivity index (χ3v) is 5.53. The minimum absolute atomic E-state index is 0.313. The van der Waals surface area contributed by atoms with Gasteiger partial charge in [0.25, 0.3) is 0 Å². The Kier molecular flexibility index (Phi) is 5.11. The largest absolute Gasteiger partial charge is 0.508 e. The fourth-order valence-electron chi connectivity index (χ4n) is 3.04. The van der Waals surface area contributed by atoms with E-state index in [1.54, 1.807) is 6.07 Å². The molecular formula is C18H19Br2NO2. The van der Waals surface area contributed by atoms with Crippen molar-refractivity contribution in [1.29, 1.82) is 0 Å². The van der Waals surface area contributed by atoms with Gasteiger partial charge in [-0.1, -0.05) is 50.1 Å².